The first-order valence-corrected chi connectivity index (χ1v) is 8.70. The molecule has 0 amide bonds. The minimum atomic E-state index is -3.21. The molecule has 0 spiro atoms. The second-order valence-corrected chi connectivity index (χ2v) is 7.56. The Bertz CT molecular complexity index is 321. The summed E-state index contributed by atoms with van der Waals surface area (Å²) in [4.78, 5) is 0. The van der Waals surface area contributed by atoms with E-state index in [9.17, 15) is 8.42 Å². The summed E-state index contributed by atoms with van der Waals surface area (Å²) >= 11 is 0. The van der Waals surface area contributed by atoms with Crippen molar-refractivity contribution in [3.8, 4) is 0 Å². The van der Waals surface area contributed by atoms with Gasteiger partial charge >= 0.3 is 0 Å². The van der Waals surface area contributed by atoms with E-state index < -0.39 is 10.0 Å². The van der Waals surface area contributed by atoms with Gasteiger partial charge in [0.25, 0.3) is 0 Å². The topological polar surface area (TPSA) is 66.4 Å². The molecule has 0 aromatic carbocycles. The van der Waals surface area contributed by atoms with Crippen LogP contribution in [-0.2, 0) is 10.0 Å². The minimum Gasteiger partial charge on any atom is -0.396 e. The van der Waals surface area contributed by atoms with E-state index in [2.05, 4.69) is 4.72 Å². The maximum atomic E-state index is 12.1. The normalized spacial score (nSPS) is 20.2. The average molecular weight is 277 g/mol. The van der Waals surface area contributed by atoms with E-state index in [0.717, 1.165) is 25.7 Å². The zero-order valence-electron chi connectivity index (χ0n) is 11.6. The van der Waals surface area contributed by atoms with Crippen LogP contribution in [0.3, 0.4) is 0 Å². The molecule has 0 bridgehead atoms. The van der Waals surface area contributed by atoms with E-state index in [1.54, 1.807) is 0 Å². The predicted molar refractivity (Wildman–Crippen MR) is 73.8 cm³/mol. The van der Waals surface area contributed by atoms with Gasteiger partial charge in [0, 0.05) is 12.6 Å². The number of hydrogen-bond donors (Lipinski definition) is 2. The number of rotatable bonds is 7. The molecule has 1 aliphatic carbocycles. The van der Waals surface area contributed by atoms with Gasteiger partial charge in [0.1, 0.15) is 0 Å². The SMILES string of the molecule is CC(C)C(CCO)NS(=O)(=O)CC1CCCCC1. The van der Waals surface area contributed by atoms with Gasteiger partial charge in [-0.05, 0) is 31.1 Å². The van der Waals surface area contributed by atoms with Crippen molar-refractivity contribution in [2.24, 2.45) is 11.8 Å². The Morgan fingerprint density at radius 1 is 1.22 bits per heavy atom. The molecule has 2 N–H and O–H groups in total. The Kier molecular flexibility index (Phi) is 6.60. The van der Waals surface area contributed by atoms with Crippen molar-refractivity contribution in [3.05, 3.63) is 0 Å². The van der Waals surface area contributed by atoms with Gasteiger partial charge in [-0.15, -0.1) is 0 Å². The van der Waals surface area contributed by atoms with Gasteiger partial charge in [0.2, 0.25) is 10.0 Å². The third kappa shape index (κ3) is 5.67. The lowest BCUT2D eigenvalue weighted by Gasteiger charge is -2.25. The molecule has 0 heterocycles. The maximum Gasteiger partial charge on any atom is 0.212 e. The highest BCUT2D eigenvalue weighted by Gasteiger charge is 2.25. The van der Waals surface area contributed by atoms with Crippen molar-refractivity contribution in [2.45, 2.75) is 58.4 Å². The van der Waals surface area contributed by atoms with Crippen LogP contribution in [0.15, 0.2) is 0 Å². The zero-order valence-corrected chi connectivity index (χ0v) is 12.4. The molecule has 1 fully saturated rings. The first-order chi connectivity index (χ1) is 8.44. The fraction of sp³-hybridized carbons (Fsp3) is 1.00. The van der Waals surface area contributed by atoms with Crippen molar-refractivity contribution in [3.63, 3.8) is 0 Å². The molecule has 0 aromatic heterocycles. The van der Waals surface area contributed by atoms with Gasteiger partial charge in [0.15, 0.2) is 0 Å². The summed E-state index contributed by atoms with van der Waals surface area (Å²) in [5, 5.41) is 8.97. The van der Waals surface area contributed by atoms with E-state index >= 15 is 0 Å². The molecule has 18 heavy (non-hydrogen) atoms. The summed E-state index contributed by atoms with van der Waals surface area (Å²) in [6, 6.07) is -0.149. The summed E-state index contributed by atoms with van der Waals surface area (Å²) in [5.41, 5.74) is 0. The van der Waals surface area contributed by atoms with E-state index in [1.165, 1.54) is 6.42 Å². The Morgan fingerprint density at radius 2 is 1.83 bits per heavy atom. The molecule has 0 aromatic rings. The van der Waals surface area contributed by atoms with Crippen molar-refractivity contribution in [2.75, 3.05) is 12.4 Å². The van der Waals surface area contributed by atoms with Crippen molar-refractivity contribution in [1.29, 1.82) is 0 Å². The fourth-order valence-corrected chi connectivity index (χ4v) is 4.51. The lowest BCUT2D eigenvalue weighted by Crippen LogP contribution is -2.41. The molecule has 1 unspecified atom stereocenters. The van der Waals surface area contributed by atoms with Gasteiger partial charge < -0.3 is 5.11 Å². The van der Waals surface area contributed by atoms with Gasteiger partial charge in [-0.25, -0.2) is 13.1 Å². The number of aliphatic hydroxyl groups excluding tert-OH is 1. The highest BCUT2D eigenvalue weighted by Crippen LogP contribution is 2.24. The van der Waals surface area contributed by atoms with Crippen LogP contribution >= 0.6 is 0 Å². The zero-order chi connectivity index (χ0) is 13.6. The van der Waals surface area contributed by atoms with Crippen LogP contribution in [0.2, 0.25) is 0 Å². The second-order valence-electron chi connectivity index (χ2n) is 5.77. The lowest BCUT2D eigenvalue weighted by molar-refractivity contribution is 0.255. The molecule has 5 heteroatoms. The summed E-state index contributed by atoms with van der Waals surface area (Å²) < 4.78 is 26.9. The molecule has 4 nitrogen and oxygen atoms in total. The van der Waals surface area contributed by atoms with Crippen LogP contribution in [0.5, 0.6) is 0 Å². The van der Waals surface area contributed by atoms with Crippen molar-refractivity contribution in [1.82, 2.24) is 4.72 Å². The van der Waals surface area contributed by atoms with E-state index in [1.807, 2.05) is 13.8 Å². The third-order valence-corrected chi connectivity index (χ3v) is 5.33. The summed E-state index contributed by atoms with van der Waals surface area (Å²) in [7, 11) is -3.21. The quantitative estimate of drug-likeness (QED) is 0.747. The average Bonchev–Trinajstić information content (AvgIpc) is 2.28. The predicted octanol–water partition coefficient (Wildman–Crippen LogP) is 1.89. The third-order valence-electron chi connectivity index (χ3n) is 3.76. The lowest BCUT2D eigenvalue weighted by atomic mass is 9.91. The van der Waals surface area contributed by atoms with Gasteiger partial charge in [-0.2, -0.15) is 0 Å². The monoisotopic (exact) mass is 277 g/mol. The smallest absolute Gasteiger partial charge is 0.212 e. The highest BCUT2D eigenvalue weighted by atomic mass is 32.2. The fourth-order valence-electron chi connectivity index (χ4n) is 2.61. The number of sulfonamides is 1. The molecule has 0 aliphatic heterocycles. The van der Waals surface area contributed by atoms with E-state index in [0.29, 0.717) is 12.3 Å². The first kappa shape index (κ1) is 15.9. The number of nitrogens with one attached hydrogen (secondary N) is 1. The summed E-state index contributed by atoms with van der Waals surface area (Å²) in [6.07, 6.45) is 6.11. The van der Waals surface area contributed by atoms with Crippen LogP contribution in [0.4, 0.5) is 0 Å². The maximum absolute atomic E-state index is 12.1. The van der Waals surface area contributed by atoms with Crippen LogP contribution in [0.1, 0.15) is 52.4 Å². The number of aliphatic hydroxyl groups is 1. The molecular formula is C13H27NO3S. The van der Waals surface area contributed by atoms with Crippen molar-refractivity contribution >= 4 is 10.0 Å². The van der Waals surface area contributed by atoms with Gasteiger partial charge in [0.05, 0.1) is 5.75 Å². The molecule has 1 atom stereocenters. The standard InChI is InChI=1S/C13H27NO3S/c1-11(2)13(8-9-15)14-18(16,17)10-12-6-4-3-5-7-12/h11-15H,3-10H2,1-2H3. The van der Waals surface area contributed by atoms with Crippen LogP contribution < -0.4 is 4.72 Å². The Hall–Kier alpha value is -0.130. The molecular weight excluding hydrogens is 250 g/mol. The molecule has 0 saturated heterocycles. The molecule has 1 saturated carbocycles. The summed E-state index contributed by atoms with van der Waals surface area (Å²) in [5.74, 6) is 0.776. The summed E-state index contributed by atoms with van der Waals surface area (Å²) in [6.45, 7) is 3.97. The van der Waals surface area contributed by atoms with Gasteiger partial charge in [-0.3, -0.25) is 0 Å². The Morgan fingerprint density at radius 3 is 2.33 bits per heavy atom. The molecule has 1 aliphatic rings. The Labute approximate surface area is 111 Å². The van der Waals surface area contributed by atoms with Gasteiger partial charge in [-0.1, -0.05) is 33.1 Å². The van der Waals surface area contributed by atoms with E-state index in [4.69, 9.17) is 5.11 Å². The first-order valence-electron chi connectivity index (χ1n) is 7.05. The second kappa shape index (κ2) is 7.46. The Balaban J connectivity index is 2.51. The van der Waals surface area contributed by atoms with E-state index in [-0.39, 0.29) is 24.3 Å². The molecule has 0 radical (unpaired) electrons. The minimum absolute atomic E-state index is 0.0226. The van der Waals surface area contributed by atoms with Crippen LogP contribution in [0.25, 0.3) is 0 Å². The largest absolute Gasteiger partial charge is 0.396 e. The highest BCUT2D eigenvalue weighted by molar-refractivity contribution is 7.89. The molecule has 1 rings (SSSR count). The van der Waals surface area contributed by atoms with Crippen LogP contribution in [-0.4, -0.2) is 31.9 Å². The number of hydrogen-bond acceptors (Lipinski definition) is 3. The van der Waals surface area contributed by atoms with Crippen LogP contribution in [0, 0.1) is 11.8 Å². The van der Waals surface area contributed by atoms with Crippen molar-refractivity contribution < 1.29 is 13.5 Å². The molecule has 108 valence electrons.